The first-order chi connectivity index (χ1) is 11.5. The van der Waals surface area contributed by atoms with Gasteiger partial charge in [-0.2, -0.15) is 0 Å². The van der Waals surface area contributed by atoms with Crippen molar-refractivity contribution in [2.75, 3.05) is 21.0 Å². The highest BCUT2D eigenvalue weighted by atomic mass is 32.1. The lowest BCUT2D eigenvalue weighted by atomic mass is 10.2. The summed E-state index contributed by atoms with van der Waals surface area (Å²) in [5.74, 6) is -0.824. The molecule has 0 aromatic carbocycles. The van der Waals surface area contributed by atoms with Gasteiger partial charge in [0.05, 0.1) is 12.8 Å². The molecule has 2 heterocycles. The van der Waals surface area contributed by atoms with E-state index in [1.165, 1.54) is 30.5 Å². The largest absolute Gasteiger partial charge is 0.467 e. The zero-order valence-corrected chi connectivity index (χ0v) is 14.8. The highest BCUT2D eigenvalue weighted by molar-refractivity contribution is 7.17. The van der Waals surface area contributed by atoms with Crippen LogP contribution in [0.1, 0.15) is 22.3 Å². The Kier molecular flexibility index (Phi) is 5.99. The fraction of sp³-hybridized carbons (Fsp3) is 0.375. The monoisotopic (exact) mass is 349 g/mol. The van der Waals surface area contributed by atoms with Crippen LogP contribution in [0.4, 0.5) is 0 Å². The number of aromatic nitrogens is 2. The number of hydrogen-bond acceptors (Lipinski definition) is 7. The Morgan fingerprint density at radius 2 is 2.12 bits per heavy atom. The topological polar surface area (TPSA) is 81.6 Å². The zero-order valence-electron chi connectivity index (χ0n) is 14.0. The van der Waals surface area contributed by atoms with Crippen molar-refractivity contribution in [2.45, 2.75) is 19.9 Å². The summed E-state index contributed by atoms with van der Waals surface area (Å²) in [6.45, 7) is 3.34. The van der Waals surface area contributed by atoms with E-state index >= 15 is 0 Å². The first kappa shape index (κ1) is 18.0. The molecule has 0 fully saturated rings. The van der Waals surface area contributed by atoms with Crippen molar-refractivity contribution in [3.63, 3.8) is 0 Å². The van der Waals surface area contributed by atoms with Crippen LogP contribution in [0.25, 0.3) is 10.6 Å². The molecule has 1 amide bonds. The first-order valence-electron chi connectivity index (χ1n) is 7.25. The third-order valence-corrected chi connectivity index (χ3v) is 4.63. The predicted molar refractivity (Wildman–Crippen MR) is 89.6 cm³/mol. The van der Waals surface area contributed by atoms with Crippen LogP contribution in [0.5, 0.6) is 0 Å². The summed E-state index contributed by atoms with van der Waals surface area (Å²) in [7, 11) is 2.75. The number of carbonyl (C=O) groups excluding carboxylic acids is 2. The minimum Gasteiger partial charge on any atom is -0.467 e. The number of aryl methyl sites for hydroxylation is 1. The molecule has 2 rings (SSSR count). The molecule has 0 aliphatic carbocycles. The predicted octanol–water partition coefficient (Wildman–Crippen LogP) is 2.12. The lowest BCUT2D eigenvalue weighted by Crippen LogP contribution is -2.44. The number of methoxy groups -OCH3 is 2. The van der Waals surface area contributed by atoms with Gasteiger partial charge in [-0.3, -0.25) is 9.78 Å². The number of ether oxygens (including phenoxy) is 2. The molecule has 0 radical (unpaired) electrons. The highest BCUT2D eigenvalue weighted by Gasteiger charge is 2.30. The standard InChI is InChI=1S/C16H19N3O4S/c1-10-13(24-14(18-10)12-6-5-7-17-8-12)15(20)19(9-22-3)11(2)16(21)23-4/h5-8,11H,9H2,1-4H3. The van der Waals surface area contributed by atoms with Crippen molar-refractivity contribution in [1.29, 1.82) is 0 Å². The van der Waals surface area contributed by atoms with E-state index in [1.54, 1.807) is 26.2 Å². The highest BCUT2D eigenvalue weighted by Crippen LogP contribution is 2.28. The number of esters is 1. The van der Waals surface area contributed by atoms with Crippen LogP contribution in [0.3, 0.4) is 0 Å². The Labute approximate surface area is 144 Å². The minimum atomic E-state index is -0.759. The first-order valence-corrected chi connectivity index (χ1v) is 8.06. The van der Waals surface area contributed by atoms with E-state index in [1.807, 2.05) is 12.1 Å². The van der Waals surface area contributed by atoms with Crippen molar-refractivity contribution in [3.8, 4) is 10.6 Å². The summed E-state index contributed by atoms with van der Waals surface area (Å²) in [5, 5.41) is 0.701. The molecule has 0 spiro atoms. The van der Waals surface area contributed by atoms with E-state index in [0.717, 1.165) is 5.56 Å². The van der Waals surface area contributed by atoms with Crippen LogP contribution in [0.15, 0.2) is 24.5 Å². The Bertz CT molecular complexity index is 717. The lowest BCUT2D eigenvalue weighted by molar-refractivity contribution is -0.146. The summed E-state index contributed by atoms with van der Waals surface area (Å²) in [5.41, 5.74) is 1.44. The molecule has 0 bridgehead atoms. The van der Waals surface area contributed by atoms with E-state index in [9.17, 15) is 9.59 Å². The van der Waals surface area contributed by atoms with E-state index < -0.39 is 12.0 Å². The van der Waals surface area contributed by atoms with Gasteiger partial charge in [-0.25, -0.2) is 9.78 Å². The zero-order chi connectivity index (χ0) is 17.7. The number of hydrogen-bond donors (Lipinski definition) is 0. The SMILES string of the molecule is COCN(C(=O)c1sc(-c2cccnc2)nc1C)C(C)C(=O)OC. The molecule has 0 aliphatic rings. The minimum absolute atomic E-state index is 0.0192. The third kappa shape index (κ3) is 3.77. The maximum Gasteiger partial charge on any atom is 0.328 e. The quantitative estimate of drug-likeness (QED) is 0.587. The summed E-state index contributed by atoms with van der Waals surface area (Å²) in [4.78, 5) is 34.9. The van der Waals surface area contributed by atoms with Gasteiger partial charge in [-0.05, 0) is 26.0 Å². The average molecular weight is 349 g/mol. The number of rotatable bonds is 6. The number of nitrogens with zero attached hydrogens (tertiary/aromatic N) is 3. The van der Waals surface area contributed by atoms with Gasteiger partial charge in [0.15, 0.2) is 0 Å². The van der Waals surface area contributed by atoms with Gasteiger partial charge >= 0.3 is 5.97 Å². The molecule has 0 saturated heterocycles. The Hall–Kier alpha value is -2.32. The van der Waals surface area contributed by atoms with Crippen molar-refractivity contribution < 1.29 is 19.1 Å². The van der Waals surface area contributed by atoms with Gasteiger partial charge < -0.3 is 14.4 Å². The van der Waals surface area contributed by atoms with Crippen LogP contribution < -0.4 is 0 Å². The molecular formula is C16H19N3O4S. The molecule has 24 heavy (non-hydrogen) atoms. The average Bonchev–Trinajstić information content (AvgIpc) is 3.00. The molecule has 2 aromatic heterocycles. The summed E-state index contributed by atoms with van der Waals surface area (Å²) in [6, 6.07) is 2.93. The molecule has 0 N–H and O–H groups in total. The number of thiazole rings is 1. The maximum atomic E-state index is 12.9. The molecule has 1 unspecified atom stereocenters. The van der Waals surface area contributed by atoms with Crippen molar-refractivity contribution in [2.24, 2.45) is 0 Å². The Morgan fingerprint density at radius 1 is 1.38 bits per heavy atom. The van der Waals surface area contributed by atoms with Gasteiger partial charge in [0, 0.05) is 25.1 Å². The van der Waals surface area contributed by atoms with E-state index in [4.69, 9.17) is 9.47 Å². The van der Waals surface area contributed by atoms with Crippen molar-refractivity contribution >= 4 is 23.2 Å². The van der Waals surface area contributed by atoms with Gasteiger partial charge in [-0.15, -0.1) is 11.3 Å². The van der Waals surface area contributed by atoms with Crippen LogP contribution in [-0.2, 0) is 14.3 Å². The molecule has 0 saturated carbocycles. The van der Waals surface area contributed by atoms with E-state index in [2.05, 4.69) is 9.97 Å². The fourth-order valence-electron chi connectivity index (χ4n) is 2.12. The van der Waals surface area contributed by atoms with Gasteiger partial charge in [0.2, 0.25) is 0 Å². The van der Waals surface area contributed by atoms with Crippen molar-refractivity contribution in [3.05, 3.63) is 35.1 Å². The molecule has 7 nitrogen and oxygen atoms in total. The molecule has 2 aromatic rings. The smallest absolute Gasteiger partial charge is 0.328 e. The van der Waals surface area contributed by atoms with Gasteiger partial charge in [0.1, 0.15) is 22.7 Å². The van der Waals surface area contributed by atoms with Gasteiger partial charge in [0.25, 0.3) is 5.91 Å². The van der Waals surface area contributed by atoms with Gasteiger partial charge in [-0.1, -0.05) is 0 Å². The fourth-order valence-corrected chi connectivity index (χ4v) is 3.13. The molecule has 8 heteroatoms. The number of amides is 1. The van der Waals surface area contributed by atoms with Crippen molar-refractivity contribution in [1.82, 2.24) is 14.9 Å². The van der Waals surface area contributed by atoms with Crippen LogP contribution in [0.2, 0.25) is 0 Å². The van der Waals surface area contributed by atoms with Crippen LogP contribution in [-0.4, -0.2) is 53.7 Å². The summed E-state index contributed by atoms with van der Waals surface area (Å²) >= 11 is 1.26. The molecule has 128 valence electrons. The third-order valence-electron chi connectivity index (χ3n) is 3.44. The summed E-state index contributed by atoms with van der Waals surface area (Å²) < 4.78 is 9.79. The molecular weight excluding hydrogens is 330 g/mol. The molecule has 0 aliphatic heterocycles. The normalized spacial score (nSPS) is 11.8. The lowest BCUT2D eigenvalue weighted by Gasteiger charge is -2.26. The Balaban J connectivity index is 2.33. The summed E-state index contributed by atoms with van der Waals surface area (Å²) in [6.07, 6.45) is 3.37. The second-order valence-corrected chi connectivity index (χ2v) is 6.07. The van der Waals surface area contributed by atoms with Crippen LogP contribution >= 0.6 is 11.3 Å². The maximum absolute atomic E-state index is 12.9. The second-order valence-electron chi connectivity index (χ2n) is 5.07. The van der Waals surface area contributed by atoms with E-state index in [-0.39, 0.29) is 12.6 Å². The van der Waals surface area contributed by atoms with E-state index in [0.29, 0.717) is 15.6 Å². The van der Waals surface area contributed by atoms with Crippen LogP contribution in [0, 0.1) is 6.92 Å². The molecule has 1 atom stereocenters. The number of pyridine rings is 1. The Morgan fingerprint density at radius 3 is 2.71 bits per heavy atom. The second kappa shape index (κ2) is 7.98. The number of carbonyl (C=O) groups is 2.